The standard InChI is InChI=1S/C14H17NO3S/c1-3-18-11-8-6-5-7-10(11)15-13(16)9-12(14(15)17)19-4-2/h5-8,12H,3-4,9H2,1-2H3/t12-/m1/s1. The predicted molar refractivity (Wildman–Crippen MR) is 76.6 cm³/mol. The smallest absolute Gasteiger partial charge is 0.247 e. The van der Waals surface area contributed by atoms with Crippen LogP contribution in [-0.4, -0.2) is 29.4 Å². The molecule has 0 spiro atoms. The van der Waals surface area contributed by atoms with E-state index < -0.39 is 0 Å². The van der Waals surface area contributed by atoms with E-state index >= 15 is 0 Å². The highest BCUT2D eigenvalue weighted by Gasteiger charge is 2.40. The van der Waals surface area contributed by atoms with E-state index in [4.69, 9.17) is 4.74 Å². The number of hydrogen-bond donors (Lipinski definition) is 0. The third-order valence-electron chi connectivity index (χ3n) is 2.88. The molecule has 0 aromatic heterocycles. The van der Waals surface area contributed by atoms with E-state index in [1.54, 1.807) is 18.2 Å². The van der Waals surface area contributed by atoms with Gasteiger partial charge < -0.3 is 4.74 Å². The molecule has 0 aliphatic carbocycles. The Morgan fingerprint density at radius 2 is 2.05 bits per heavy atom. The van der Waals surface area contributed by atoms with Gasteiger partial charge in [-0.2, -0.15) is 0 Å². The monoisotopic (exact) mass is 279 g/mol. The first-order chi connectivity index (χ1) is 9.19. The van der Waals surface area contributed by atoms with Crippen LogP contribution in [0.15, 0.2) is 24.3 Å². The van der Waals surface area contributed by atoms with Crippen molar-refractivity contribution in [3.05, 3.63) is 24.3 Å². The van der Waals surface area contributed by atoms with Gasteiger partial charge in [0.1, 0.15) is 5.75 Å². The molecular weight excluding hydrogens is 262 g/mol. The van der Waals surface area contributed by atoms with Crippen LogP contribution in [0.4, 0.5) is 5.69 Å². The van der Waals surface area contributed by atoms with Gasteiger partial charge in [0.2, 0.25) is 11.8 Å². The van der Waals surface area contributed by atoms with Crippen molar-refractivity contribution in [3.8, 4) is 5.75 Å². The summed E-state index contributed by atoms with van der Waals surface area (Å²) >= 11 is 1.52. The van der Waals surface area contributed by atoms with E-state index in [-0.39, 0.29) is 23.5 Å². The van der Waals surface area contributed by atoms with E-state index in [0.29, 0.717) is 18.0 Å². The fourth-order valence-corrected chi connectivity index (χ4v) is 3.02. The highest BCUT2D eigenvalue weighted by Crippen LogP contribution is 2.35. The number of anilines is 1. The molecule has 2 rings (SSSR count). The number of hydrogen-bond acceptors (Lipinski definition) is 4. The van der Waals surface area contributed by atoms with Crippen molar-refractivity contribution >= 4 is 29.3 Å². The first kappa shape index (κ1) is 13.9. The van der Waals surface area contributed by atoms with Crippen molar-refractivity contribution in [1.29, 1.82) is 0 Å². The van der Waals surface area contributed by atoms with Crippen LogP contribution >= 0.6 is 11.8 Å². The lowest BCUT2D eigenvalue weighted by molar-refractivity contribution is -0.121. The Kier molecular flexibility index (Phi) is 4.47. The molecule has 19 heavy (non-hydrogen) atoms. The van der Waals surface area contributed by atoms with Crippen LogP contribution in [0, 0.1) is 0 Å². The van der Waals surface area contributed by atoms with Crippen molar-refractivity contribution in [3.63, 3.8) is 0 Å². The first-order valence-corrected chi connectivity index (χ1v) is 7.44. The summed E-state index contributed by atoms with van der Waals surface area (Å²) in [6.45, 7) is 4.36. The molecule has 1 aromatic rings. The first-order valence-electron chi connectivity index (χ1n) is 6.39. The van der Waals surface area contributed by atoms with Gasteiger partial charge in [0.05, 0.1) is 17.5 Å². The number of para-hydroxylation sites is 2. The van der Waals surface area contributed by atoms with Gasteiger partial charge in [-0.25, -0.2) is 4.90 Å². The van der Waals surface area contributed by atoms with E-state index in [9.17, 15) is 9.59 Å². The summed E-state index contributed by atoms with van der Waals surface area (Å²) in [5, 5.41) is -0.257. The van der Waals surface area contributed by atoms with Gasteiger partial charge in [-0.15, -0.1) is 11.8 Å². The van der Waals surface area contributed by atoms with Crippen molar-refractivity contribution in [1.82, 2.24) is 0 Å². The summed E-state index contributed by atoms with van der Waals surface area (Å²) in [5.41, 5.74) is 0.554. The van der Waals surface area contributed by atoms with E-state index in [2.05, 4.69) is 0 Å². The molecular formula is C14H17NO3S. The molecule has 1 atom stereocenters. The fourth-order valence-electron chi connectivity index (χ4n) is 2.11. The molecule has 5 heteroatoms. The Bertz CT molecular complexity index is 489. The second-order valence-corrected chi connectivity index (χ2v) is 5.60. The molecule has 2 amide bonds. The Morgan fingerprint density at radius 3 is 2.74 bits per heavy atom. The zero-order chi connectivity index (χ0) is 13.8. The van der Waals surface area contributed by atoms with E-state index in [1.807, 2.05) is 19.9 Å². The largest absolute Gasteiger partial charge is 0.492 e. The lowest BCUT2D eigenvalue weighted by Crippen LogP contribution is -2.31. The minimum atomic E-state index is -0.257. The Hall–Kier alpha value is -1.49. The molecule has 1 fully saturated rings. The third-order valence-corrected chi connectivity index (χ3v) is 3.98. The summed E-state index contributed by atoms with van der Waals surface area (Å²) in [7, 11) is 0. The molecule has 0 N–H and O–H groups in total. The number of ether oxygens (including phenoxy) is 1. The summed E-state index contributed by atoms with van der Waals surface area (Å²) in [6, 6.07) is 7.16. The highest BCUT2D eigenvalue weighted by molar-refractivity contribution is 8.00. The molecule has 4 nitrogen and oxygen atoms in total. The van der Waals surface area contributed by atoms with Crippen molar-refractivity contribution in [2.24, 2.45) is 0 Å². The Labute approximate surface area is 117 Å². The van der Waals surface area contributed by atoms with Gasteiger partial charge in [0.25, 0.3) is 0 Å². The Morgan fingerprint density at radius 1 is 1.32 bits per heavy atom. The molecule has 0 bridgehead atoms. The fraction of sp³-hybridized carbons (Fsp3) is 0.429. The van der Waals surface area contributed by atoms with E-state index in [1.165, 1.54) is 16.7 Å². The molecule has 1 aliphatic rings. The number of nitrogens with zero attached hydrogens (tertiary/aromatic N) is 1. The average molecular weight is 279 g/mol. The molecule has 0 unspecified atom stereocenters. The molecule has 1 saturated heterocycles. The van der Waals surface area contributed by atoms with Crippen molar-refractivity contribution < 1.29 is 14.3 Å². The number of carbonyl (C=O) groups excluding carboxylic acids is 2. The van der Waals surface area contributed by atoms with Gasteiger partial charge in [-0.3, -0.25) is 9.59 Å². The molecule has 0 radical (unpaired) electrons. The SMILES string of the molecule is CCOc1ccccc1N1C(=O)C[C@@H](SCC)C1=O. The van der Waals surface area contributed by atoms with Crippen LogP contribution < -0.4 is 9.64 Å². The lowest BCUT2D eigenvalue weighted by Gasteiger charge is -2.18. The molecule has 102 valence electrons. The number of imide groups is 1. The highest BCUT2D eigenvalue weighted by atomic mass is 32.2. The van der Waals surface area contributed by atoms with Crippen LogP contribution in [0.25, 0.3) is 0 Å². The van der Waals surface area contributed by atoms with E-state index in [0.717, 1.165) is 5.75 Å². The lowest BCUT2D eigenvalue weighted by atomic mass is 10.2. The molecule has 1 heterocycles. The number of amides is 2. The summed E-state index contributed by atoms with van der Waals surface area (Å²) in [6.07, 6.45) is 0.276. The van der Waals surface area contributed by atoms with Crippen LogP contribution in [0.1, 0.15) is 20.3 Å². The van der Waals surface area contributed by atoms with Gasteiger partial charge in [-0.05, 0) is 24.8 Å². The zero-order valence-electron chi connectivity index (χ0n) is 11.1. The second kappa shape index (κ2) is 6.10. The zero-order valence-corrected chi connectivity index (χ0v) is 11.9. The summed E-state index contributed by atoms with van der Waals surface area (Å²) in [5.74, 6) is 1.12. The van der Waals surface area contributed by atoms with Crippen LogP contribution in [0.5, 0.6) is 5.75 Å². The Balaban J connectivity index is 2.31. The van der Waals surface area contributed by atoms with Gasteiger partial charge >= 0.3 is 0 Å². The van der Waals surface area contributed by atoms with Gasteiger partial charge in [0.15, 0.2) is 0 Å². The maximum atomic E-state index is 12.3. The second-order valence-electron chi connectivity index (χ2n) is 4.12. The maximum absolute atomic E-state index is 12.3. The van der Waals surface area contributed by atoms with Crippen LogP contribution in [-0.2, 0) is 9.59 Å². The van der Waals surface area contributed by atoms with Crippen LogP contribution in [0.3, 0.4) is 0 Å². The number of rotatable bonds is 5. The average Bonchev–Trinajstić information content (AvgIpc) is 2.67. The molecule has 1 aliphatic heterocycles. The predicted octanol–water partition coefficient (Wildman–Crippen LogP) is 2.47. The normalized spacial score (nSPS) is 19.1. The topological polar surface area (TPSA) is 46.6 Å². The van der Waals surface area contributed by atoms with Crippen LogP contribution in [0.2, 0.25) is 0 Å². The summed E-state index contributed by atoms with van der Waals surface area (Å²) in [4.78, 5) is 25.6. The van der Waals surface area contributed by atoms with Crippen molar-refractivity contribution in [2.75, 3.05) is 17.3 Å². The number of carbonyl (C=O) groups is 2. The molecule has 0 saturated carbocycles. The van der Waals surface area contributed by atoms with Crippen molar-refractivity contribution in [2.45, 2.75) is 25.5 Å². The number of thioether (sulfide) groups is 1. The quantitative estimate of drug-likeness (QED) is 0.777. The number of benzene rings is 1. The summed E-state index contributed by atoms with van der Waals surface area (Å²) < 4.78 is 5.49. The minimum Gasteiger partial charge on any atom is -0.492 e. The third kappa shape index (κ3) is 2.76. The maximum Gasteiger partial charge on any atom is 0.247 e. The molecule has 1 aromatic carbocycles. The van der Waals surface area contributed by atoms with Gasteiger partial charge in [0, 0.05) is 6.42 Å². The minimum absolute atomic E-state index is 0.135. The van der Waals surface area contributed by atoms with Gasteiger partial charge in [-0.1, -0.05) is 19.1 Å².